The predicted molar refractivity (Wildman–Crippen MR) is 99.2 cm³/mol. The number of carbonyl (C=O) groups is 1. The topological polar surface area (TPSA) is 50.4 Å². The molecule has 1 fully saturated rings. The van der Waals surface area contributed by atoms with Gasteiger partial charge in [-0.3, -0.25) is 4.79 Å². The molecule has 1 aliphatic carbocycles. The number of ether oxygens (including phenoxy) is 1. The lowest BCUT2D eigenvalue weighted by Crippen LogP contribution is -2.29. The first-order chi connectivity index (χ1) is 11.2. The first kappa shape index (κ1) is 18.3. The molecule has 0 aromatic heterocycles. The summed E-state index contributed by atoms with van der Waals surface area (Å²) in [6.07, 6.45) is 2.56. The van der Waals surface area contributed by atoms with Crippen LogP contribution in [-0.2, 0) is 4.79 Å². The molecule has 1 aliphatic rings. The van der Waals surface area contributed by atoms with Crippen LogP contribution in [0.5, 0.6) is 11.5 Å². The smallest absolute Gasteiger partial charge is 0.238 e. The second-order valence-corrected chi connectivity index (χ2v) is 6.04. The number of amides is 1. The fourth-order valence-corrected chi connectivity index (χ4v) is 2.35. The number of para-hydroxylation sites is 1. The molecule has 128 valence electrons. The van der Waals surface area contributed by atoms with Gasteiger partial charge in [0.25, 0.3) is 0 Å². The van der Waals surface area contributed by atoms with Gasteiger partial charge in [-0.2, -0.15) is 0 Å². The third-order valence-corrected chi connectivity index (χ3v) is 3.80. The van der Waals surface area contributed by atoms with Gasteiger partial charge in [-0.1, -0.05) is 24.3 Å². The van der Waals surface area contributed by atoms with Gasteiger partial charge in [0.15, 0.2) is 5.75 Å². The molecule has 0 heterocycles. The van der Waals surface area contributed by atoms with Crippen molar-refractivity contribution in [1.29, 1.82) is 0 Å². The molecule has 5 heteroatoms. The lowest BCUT2D eigenvalue weighted by molar-refractivity contribution is -0.115. The lowest BCUT2D eigenvalue weighted by Gasteiger charge is -2.13. The van der Waals surface area contributed by atoms with Gasteiger partial charge in [0.1, 0.15) is 5.75 Å². The minimum atomic E-state index is -0.0471. The fourth-order valence-electron chi connectivity index (χ4n) is 2.35. The minimum absolute atomic E-state index is 0. The minimum Gasteiger partial charge on any atom is -0.455 e. The Morgan fingerprint density at radius 2 is 1.92 bits per heavy atom. The highest BCUT2D eigenvalue weighted by atomic mass is 35.5. The van der Waals surface area contributed by atoms with Crippen molar-refractivity contribution in [2.24, 2.45) is 5.92 Å². The van der Waals surface area contributed by atoms with Gasteiger partial charge in [-0.25, -0.2) is 0 Å². The summed E-state index contributed by atoms with van der Waals surface area (Å²) in [5, 5.41) is 6.14. The number of hydrogen-bond donors (Lipinski definition) is 2. The van der Waals surface area contributed by atoms with Crippen LogP contribution in [0.15, 0.2) is 48.5 Å². The Labute approximate surface area is 149 Å². The first-order valence-electron chi connectivity index (χ1n) is 8.05. The highest BCUT2D eigenvalue weighted by Crippen LogP contribution is 2.30. The molecule has 0 saturated heterocycles. The molecule has 0 unspecified atom stereocenters. The van der Waals surface area contributed by atoms with E-state index >= 15 is 0 Å². The number of halogens is 1. The van der Waals surface area contributed by atoms with Crippen molar-refractivity contribution < 1.29 is 9.53 Å². The molecule has 0 bridgehead atoms. The molecule has 0 spiro atoms. The summed E-state index contributed by atoms with van der Waals surface area (Å²) in [6.45, 7) is 3.25. The highest BCUT2D eigenvalue weighted by Gasteiger charge is 2.20. The van der Waals surface area contributed by atoms with E-state index in [0.29, 0.717) is 18.0 Å². The van der Waals surface area contributed by atoms with Crippen LogP contribution in [0.1, 0.15) is 18.4 Å². The molecule has 2 aromatic rings. The number of carbonyl (C=O) groups excluding carboxylic acids is 1. The standard InChI is InChI=1S/C19H22N2O2.ClH/c1-14-7-10-18(23-16-5-3-2-4-6-16)17(11-14)21-19(22)13-20-12-15-8-9-15;/h2-7,10-11,15,20H,8-9,12-13H2,1H3,(H,21,22);1H. The number of rotatable bonds is 7. The molecule has 2 N–H and O–H groups in total. The van der Waals surface area contributed by atoms with E-state index in [4.69, 9.17) is 4.74 Å². The highest BCUT2D eigenvalue weighted by molar-refractivity contribution is 5.93. The SMILES string of the molecule is Cc1ccc(Oc2ccccc2)c(NC(=O)CNCC2CC2)c1.Cl. The maximum Gasteiger partial charge on any atom is 0.238 e. The van der Waals surface area contributed by atoms with Crippen LogP contribution >= 0.6 is 12.4 Å². The Kier molecular flexibility index (Phi) is 6.64. The summed E-state index contributed by atoms with van der Waals surface area (Å²) in [5.41, 5.74) is 1.78. The number of nitrogens with one attached hydrogen (secondary N) is 2. The molecule has 0 atom stereocenters. The summed E-state index contributed by atoms with van der Waals surface area (Å²) in [6, 6.07) is 15.3. The van der Waals surface area contributed by atoms with E-state index in [0.717, 1.165) is 23.8 Å². The predicted octanol–water partition coefficient (Wildman–Crippen LogP) is 4.15. The second-order valence-electron chi connectivity index (χ2n) is 6.04. The van der Waals surface area contributed by atoms with Crippen LogP contribution in [0, 0.1) is 12.8 Å². The number of benzene rings is 2. The van der Waals surface area contributed by atoms with Gasteiger partial charge >= 0.3 is 0 Å². The third-order valence-electron chi connectivity index (χ3n) is 3.80. The molecule has 2 aromatic carbocycles. The number of hydrogen-bond acceptors (Lipinski definition) is 3. The Bertz CT molecular complexity index is 672. The molecule has 1 saturated carbocycles. The lowest BCUT2D eigenvalue weighted by atomic mass is 10.2. The van der Waals surface area contributed by atoms with Crippen molar-refractivity contribution in [2.45, 2.75) is 19.8 Å². The van der Waals surface area contributed by atoms with Crippen LogP contribution in [0.3, 0.4) is 0 Å². The first-order valence-corrected chi connectivity index (χ1v) is 8.05. The number of anilines is 1. The Hall–Kier alpha value is -2.04. The van der Waals surface area contributed by atoms with Gasteiger partial charge in [-0.15, -0.1) is 12.4 Å². The van der Waals surface area contributed by atoms with Gasteiger partial charge in [0.05, 0.1) is 12.2 Å². The van der Waals surface area contributed by atoms with Crippen LogP contribution in [0.2, 0.25) is 0 Å². The van der Waals surface area contributed by atoms with Gasteiger partial charge < -0.3 is 15.4 Å². The maximum atomic E-state index is 12.1. The van der Waals surface area contributed by atoms with Crippen molar-refractivity contribution >= 4 is 24.0 Å². The molecule has 24 heavy (non-hydrogen) atoms. The average molecular weight is 347 g/mol. The molecule has 3 rings (SSSR count). The van der Waals surface area contributed by atoms with E-state index in [1.165, 1.54) is 12.8 Å². The van der Waals surface area contributed by atoms with Gasteiger partial charge in [0.2, 0.25) is 5.91 Å². The molecule has 0 aliphatic heterocycles. The van der Waals surface area contributed by atoms with E-state index in [1.807, 2.05) is 55.5 Å². The van der Waals surface area contributed by atoms with E-state index in [9.17, 15) is 4.79 Å². The third kappa shape index (κ3) is 5.55. The Morgan fingerprint density at radius 1 is 1.17 bits per heavy atom. The number of aryl methyl sites for hydroxylation is 1. The van der Waals surface area contributed by atoms with Crippen LogP contribution in [-0.4, -0.2) is 19.0 Å². The quantitative estimate of drug-likeness (QED) is 0.792. The largest absolute Gasteiger partial charge is 0.455 e. The zero-order valence-electron chi connectivity index (χ0n) is 13.7. The van der Waals surface area contributed by atoms with E-state index < -0.39 is 0 Å². The summed E-state index contributed by atoms with van der Waals surface area (Å²) in [4.78, 5) is 12.1. The van der Waals surface area contributed by atoms with E-state index in [2.05, 4.69) is 10.6 Å². The zero-order chi connectivity index (χ0) is 16.1. The molecular weight excluding hydrogens is 324 g/mol. The average Bonchev–Trinajstić information content (AvgIpc) is 3.35. The summed E-state index contributed by atoms with van der Waals surface area (Å²) in [7, 11) is 0. The molecule has 1 amide bonds. The van der Waals surface area contributed by atoms with Crippen molar-refractivity contribution in [1.82, 2.24) is 5.32 Å². The van der Waals surface area contributed by atoms with E-state index in [1.54, 1.807) is 0 Å². The second kappa shape index (κ2) is 8.71. The molecule has 0 radical (unpaired) electrons. The van der Waals surface area contributed by atoms with E-state index in [-0.39, 0.29) is 18.3 Å². The zero-order valence-corrected chi connectivity index (χ0v) is 14.6. The Balaban J connectivity index is 0.00000208. The van der Waals surface area contributed by atoms with Crippen molar-refractivity contribution in [3.05, 3.63) is 54.1 Å². The molecular formula is C19H23ClN2O2. The summed E-state index contributed by atoms with van der Waals surface area (Å²) >= 11 is 0. The van der Waals surface area contributed by atoms with Gasteiger partial charge in [-0.05, 0) is 62.1 Å². The summed E-state index contributed by atoms with van der Waals surface area (Å²) in [5.74, 6) is 2.11. The maximum absolute atomic E-state index is 12.1. The normalized spacial score (nSPS) is 13.0. The fraction of sp³-hybridized carbons (Fsp3) is 0.316. The van der Waals surface area contributed by atoms with Crippen LogP contribution in [0.4, 0.5) is 5.69 Å². The monoisotopic (exact) mass is 346 g/mol. The van der Waals surface area contributed by atoms with Crippen LogP contribution in [0.25, 0.3) is 0 Å². The summed E-state index contributed by atoms with van der Waals surface area (Å²) < 4.78 is 5.88. The van der Waals surface area contributed by atoms with Crippen molar-refractivity contribution in [3.63, 3.8) is 0 Å². The molecule has 4 nitrogen and oxygen atoms in total. The van der Waals surface area contributed by atoms with Crippen molar-refractivity contribution in [2.75, 3.05) is 18.4 Å². The van der Waals surface area contributed by atoms with Crippen molar-refractivity contribution in [3.8, 4) is 11.5 Å². The van der Waals surface area contributed by atoms with Crippen LogP contribution < -0.4 is 15.4 Å². The Morgan fingerprint density at radius 3 is 2.62 bits per heavy atom. The van der Waals surface area contributed by atoms with Gasteiger partial charge in [0, 0.05) is 0 Å².